The first kappa shape index (κ1) is 30.4. The number of fused-ring (bicyclic) bond motifs is 10. The number of rotatable bonds is 4. The second kappa shape index (κ2) is 11.7. The summed E-state index contributed by atoms with van der Waals surface area (Å²) in [5, 5.41) is 8.81. The Hall–Kier alpha value is -6.11. The minimum atomic E-state index is 1.04. The van der Waals surface area contributed by atoms with Gasteiger partial charge in [0.25, 0.3) is 0 Å². The fraction of sp³-hybridized carbons (Fsp3) is 0. The number of aromatic nitrogens is 2. The molecule has 4 aromatic heterocycles. The molecule has 0 aliphatic heterocycles. The fourth-order valence-corrected chi connectivity index (χ4v) is 11.4. The first-order chi connectivity index (χ1) is 26.7. The SMILES string of the molecule is c1cc(-c2nc3ccccc3s2)cc(-n2c3ccc(-c4ccc5sc6ccccc6c5c4)cc3c3cc(-c4ccc5sc6ccccc6c5c4)ccc32)c1. The van der Waals surface area contributed by atoms with Crippen LogP contribution in [0.25, 0.3) is 111 Å². The highest BCUT2D eigenvalue weighted by Gasteiger charge is 2.17. The van der Waals surface area contributed by atoms with E-state index in [2.05, 4.69) is 174 Å². The van der Waals surface area contributed by atoms with Crippen LogP contribution in [-0.4, -0.2) is 9.55 Å². The maximum atomic E-state index is 5.00. The monoisotopic (exact) mass is 740 g/mol. The minimum absolute atomic E-state index is 1.04. The molecule has 12 aromatic rings. The van der Waals surface area contributed by atoms with Gasteiger partial charge in [0.05, 0.1) is 21.3 Å². The summed E-state index contributed by atoms with van der Waals surface area (Å²) < 4.78 is 8.95. The second-order valence-corrected chi connectivity index (χ2v) is 17.2. The van der Waals surface area contributed by atoms with Crippen LogP contribution in [0.2, 0.25) is 0 Å². The highest BCUT2D eigenvalue weighted by Crippen LogP contribution is 2.42. The molecule has 0 radical (unpaired) electrons. The van der Waals surface area contributed by atoms with Gasteiger partial charge in [-0.05, 0) is 107 Å². The molecule has 12 rings (SSSR count). The summed E-state index contributed by atoms with van der Waals surface area (Å²) >= 11 is 5.48. The third-order valence-electron chi connectivity index (χ3n) is 10.8. The fourth-order valence-electron chi connectivity index (χ4n) is 8.25. The number of nitrogens with zero attached hydrogens (tertiary/aromatic N) is 2. The van der Waals surface area contributed by atoms with Crippen LogP contribution in [-0.2, 0) is 0 Å². The third-order valence-corrected chi connectivity index (χ3v) is 14.2. The van der Waals surface area contributed by atoms with E-state index in [4.69, 9.17) is 4.98 Å². The van der Waals surface area contributed by atoms with Crippen LogP contribution in [0, 0.1) is 0 Å². The lowest BCUT2D eigenvalue weighted by molar-refractivity contribution is 1.18. The molecular formula is C49H28N2S3. The molecular weight excluding hydrogens is 713 g/mol. The predicted molar refractivity (Wildman–Crippen MR) is 236 cm³/mol. The number of para-hydroxylation sites is 1. The van der Waals surface area contributed by atoms with Crippen LogP contribution in [0.1, 0.15) is 0 Å². The van der Waals surface area contributed by atoms with E-state index in [1.165, 1.54) is 89.1 Å². The largest absolute Gasteiger partial charge is 0.309 e. The Kier molecular flexibility index (Phi) is 6.58. The van der Waals surface area contributed by atoms with E-state index in [0.29, 0.717) is 0 Å². The van der Waals surface area contributed by atoms with Crippen LogP contribution in [0.5, 0.6) is 0 Å². The molecule has 0 spiro atoms. The van der Waals surface area contributed by atoms with E-state index in [9.17, 15) is 0 Å². The van der Waals surface area contributed by atoms with Gasteiger partial charge in [-0.1, -0.05) is 84.9 Å². The van der Waals surface area contributed by atoms with Gasteiger partial charge in [0.2, 0.25) is 0 Å². The van der Waals surface area contributed by atoms with Crippen molar-refractivity contribution in [3.63, 3.8) is 0 Å². The Morgan fingerprint density at radius 3 is 1.43 bits per heavy atom. The second-order valence-electron chi connectivity index (χ2n) is 14.0. The van der Waals surface area contributed by atoms with Crippen molar-refractivity contribution in [2.24, 2.45) is 0 Å². The van der Waals surface area contributed by atoms with E-state index in [0.717, 1.165) is 21.8 Å². The molecule has 0 aliphatic rings. The molecule has 0 saturated heterocycles. The van der Waals surface area contributed by atoms with Crippen molar-refractivity contribution in [1.29, 1.82) is 0 Å². The van der Waals surface area contributed by atoms with Gasteiger partial charge in [-0.25, -0.2) is 4.98 Å². The summed E-state index contributed by atoms with van der Waals surface area (Å²) in [7, 11) is 0. The van der Waals surface area contributed by atoms with Crippen molar-refractivity contribution in [1.82, 2.24) is 9.55 Å². The quantitative estimate of drug-likeness (QED) is 0.176. The molecule has 0 aliphatic carbocycles. The maximum absolute atomic E-state index is 5.00. The van der Waals surface area contributed by atoms with E-state index < -0.39 is 0 Å². The Labute approximate surface area is 322 Å². The Bertz CT molecular complexity index is 3260. The maximum Gasteiger partial charge on any atom is 0.124 e. The number of hydrogen-bond donors (Lipinski definition) is 0. The topological polar surface area (TPSA) is 17.8 Å². The molecule has 0 amide bonds. The zero-order valence-electron chi connectivity index (χ0n) is 28.8. The summed E-state index contributed by atoms with van der Waals surface area (Å²) in [6.07, 6.45) is 0. The minimum Gasteiger partial charge on any atom is -0.309 e. The van der Waals surface area contributed by atoms with Crippen molar-refractivity contribution in [2.75, 3.05) is 0 Å². The smallest absolute Gasteiger partial charge is 0.124 e. The normalized spacial score (nSPS) is 12.1. The average Bonchev–Trinajstić information content (AvgIpc) is 4.00. The summed E-state index contributed by atoms with van der Waals surface area (Å²) in [6, 6.07) is 62.7. The van der Waals surface area contributed by atoms with E-state index >= 15 is 0 Å². The van der Waals surface area contributed by atoms with Crippen molar-refractivity contribution < 1.29 is 0 Å². The molecule has 5 heteroatoms. The molecule has 54 heavy (non-hydrogen) atoms. The Morgan fingerprint density at radius 1 is 0.333 bits per heavy atom. The zero-order chi connectivity index (χ0) is 35.3. The number of hydrogen-bond acceptors (Lipinski definition) is 4. The van der Waals surface area contributed by atoms with Gasteiger partial charge >= 0.3 is 0 Å². The number of thiophene rings is 2. The standard InChI is InChI=1S/C49H28N2S3/c1-4-13-44-35(10-1)39-27-31(18-22-46(39)52-44)29-16-20-42-37(25-29)38-26-30(32-19-23-47-40(28-32)36-11-2-5-14-45(36)53-47)17-21-43(38)51(42)34-9-7-8-33(24-34)49-50-41-12-3-6-15-48(41)54-49/h1-28H. The molecule has 0 saturated carbocycles. The van der Waals surface area contributed by atoms with Gasteiger partial charge in [0, 0.05) is 62.4 Å². The highest BCUT2D eigenvalue weighted by atomic mass is 32.1. The van der Waals surface area contributed by atoms with Gasteiger partial charge < -0.3 is 4.57 Å². The van der Waals surface area contributed by atoms with Crippen LogP contribution in [0.3, 0.4) is 0 Å². The van der Waals surface area contributed by atoms with Crippen LogP contribution < -0.4 is 0 Å². The predicted octanol–water partition coefficient (Wildman–Crippen LogP) is 15.1. The summed E-state index contributed by atoms with van der Waals surface area (Å²) in [5.41, 5.74) is 10.6. The highest BCUT2D eigenvalue weighted by molar-refractivity contribution is 7.26. The van der Waals surface area contributed by atoms with Crippen LogP contribution in [0.4, 0.5) is 0 Å². The Balaban J connectivity index is 1.07. The summed E-state index contributed by atoms with van der Waals surface area (Å²) in [6.45, 7) is 0. The molecule has 4 heterocycles. The number of benzene rings is 8. The van der Waals surface area contributed by atoms with Crippen molar-refractivity contribution in [3.8, 4) is 38.5 Å². The van der Waals surface area contributed by atoms with Gasteiger partial charge in [0.1, 0.15) is 5.01 Å². The van der Waals surface area contributed by atoms with Crippen LogP contribution >= 0.6 is 34.0 Å². The van der Waals surface area contributed by atoms with E-state index in [1.54, 1.807) is 11.3 Å². The first-order valence-electron chi connectivity index (χ1n) is 18.1. The lowest BCUT2D eigenvalue weighted by Crippen LogP contribution is -1.94. The van der Waals surface area contributed by atoms with Gasteiger partial charge in [0.15, 0.2) is 0 Å². The van der Waals surface area contributed by atoms with Gasteiger partial charge in [-0.3, -0.25) is 0 Å². The molecule has 2 nitrogen and oxygen atoms in total. The Morgan fingerprint density at radius 2 is 0.833 bits per heavy atom. The van der Waals surface area contributed by atoms with Gasteiger partial charge in [-0.15, -0.1) is 34.0 Å². The molecule has 0 atom stereocenters. The lowest BCUT2D eigenvalue weighted by Gasteiger charge is -2.10. The van der Waals surface area contributed by atoms with E-state index in [-0.39, 0.29) is 0 Å². The van der Waals surface area contributed by atoms with E-state index in [1.807, 2.05) is 22.7 Å². The van der Waals surface area contributed by atoms with Gasteiger partial charge in [-0.2, -0.15) is 0 Å². The molecule has 252 valence electrons. The molecule has 8 aromatic carbocycles. The zero-order valence-corrected chi connectivity index (χ0v) is 31.2. The van der Waals surface area contributed by atoms with Crippen molar-refractivity contribution in [3.05, 3.63) is 170 Å². The van der Waals surface area contributed by atoms with Crippen molar-refractivity contribution in [2.45, 2.75) is 0 Å². The molecule has 0 bridgehead atoms. The lowest BCUT2D eigenvalue weighted by atomic mass is 9.98. The van der Waals surface area contributed by atoms with Crippen LogP contribution in [0.15, 0.2) is 170 Å². The average molecular weight is 741 g/mol. The number of thiazole rings is 1. The summed E-state index contributed by atoms with van der Waals surface area (Å²) in [4.78, 5) is 5.00. The first-order valence-corrected chi connectivity index (χ1v) is 20.5. The third kappa shape index (κ3) is 4.66. The molecule has 0 fully saturated rings. The van der Waals surface area contributed by atoms with Crippen molar-refractivity contribution >= 4 is 106 Å². The molecule has 0 unspecified atom stereocenters. The molecule has 0 N–H and O–H groups in total. The summed E-state index contributed by atoms with van der Waals surface area (Å²) in [5.74, 6) is 0.